The Hall–Kier alpha value is -0.500. The van der Waals surface area contributed by atoms with E-state index in [0.29, 0.717) is 6.54 Å². The lowest BCUT2D eigenvalue weighted by molar-refractivity contribution is -0.236. The van der Waals surface area contributed by atoms with E-state index in [4.69, 9.17) is 4.74 Å². The number of ether oxygens (including phenoxy) is 1. The van der Waals surface area contributed by atoms with Crippen LogP contribution in [-0.4, -0.2) is 64.2 Å². The normalized spacial score (nSPS) is 27.2. The molecular formula is C24H47NO5. The molecule has 0 aliphatic carbocycles. The molecule has 1 aliphatic heterocycles. The van der Waals surface area contributed by atoms with Gasteiger partial charge in [0, 0.05) is 0 Å². The first-order valence-corrected chi connectivity index (χ1v) is 12.3. The maximum absolute atomic E-state index is 9.97. The summed E-state index contributed by atoms with van der Waals surface area (Å²) in [7, 11) is 0. The molecular weight excluding hydrogens is 382 g/mol. The number of hydrogen-bond donors (Lipinski definition) is 5. The first-order valence-electron chi connectivity index (χ1n) is 12.3. The Kier molecular flexibility index (Phi) is 16.6. The van der Waals surface area contributed by atoms with E-state index in [-0.39, 0.29) is 0 Å². The van der Waals surface area contributed by atoms with Gasteiger partial charge in [-0.25, -0.2) is 0 Å². The van der Waals surface area contributed by atoms with Crippen LogP contribution < -0.4 is 5.32 Å². The lowest BCUT2D eigenvalue weighted by Crippen LogP contribution is -2.62. The van der Waals surface area contributed by atoms with Crippen LogP contribution in [0.4, 0.5) is 0 Å². The van der Waals surface area contributed by atoms with Crippen LogP contribution in [0.2, 0.25) is 0 Å². The summed E-state index contributed by atoms with van der Waals surface area (Å²) in [6, 6.07) is 0. The topological polar surface area (TPSA) is 102 Å². The highest BCUT2D eigenvalue weighted by Gasteiger charge is 2.42. The molecule has 1 fully saturated rings. The van der Waals surface area contributed by atoms with Crippen LogP contribution in [0.3, 0.4) is 0 Å². The van der Waals surface area contributed by atoms with E-state index in [1.807, 2.05) is 0 Å². The van der Waals surface area contributed by atoms with Crippen molar-refractivity contribution in [3.63, 3.8) is 0 Å². The molecule has 0 amide bonds. The Morgan fingerprint density at radius 3 is 1.80 bits per heavy atom. The van der Waals surface area contributed by atoms with Crippen molar-refractivity contribution in [3.05, 3.63) is 12.2 Å². The summed E-state index contributed by atoms with van der Waals surface area (Å²) in [5.74, 6) is 0. The molecule has 0 aromatic heterocycles. The number of nitrogens with one attached hydrogen (secondary N) is 1. The van der Waals surface area contributed by atoms with E-state index in [9.17, 15) is 20.4 Å². The third-order valence-electron chi connectivity index (χ3n) is 5.93. The molecule has 30 heavy (non-hydrogen) atoms. The maximum atomic E-state index is 9.97. The number of rotatable bonds is 18. The summed E-state index contributed by atoms with van der Waals surface area (Å²) in [5.41, 5.74) is 0. The molecule has 0 aromatic rings. The van der Waals surface area contributed by atoms with Crippen molar-refractivity contribution in [1.29, 1.82) is 0 Å². The molecule has 5 N–H and O–H groups in total. The van der Waals surface area contributed by atoms with Crippen molar-refractivity contribution in [2.45, 2.75) is 127 Å². The van der Waals surface area contributed by atoms with Gasteiger partial charge in [-0.2, -0.15) is 0 Å². The quantitative estimate of drug-likeness (QED) is 0.169. The molecule has 0 saturated carbocycles. The van der Waals surface area contributed by atoms with Gasteiger partial charge in [0.15, 0.2) is 0 Å². The Morgan fingerprint density at radius 2 is 1.23 bits per heavy atom. The van der Waals surface area contributed by atoms with E-state index in [1.54, 1.807) is 0 Å². The van der Waals surface area contributed by atoms with Crippen LogP contribution in [0.1, 0.15) is 96.8 Å². The first kappa shape index (κ1) is 27.5. The third kappa shape index (κ3) is 11.8. The summed E-state index contributed by atoms with van der Waals surface area (Å²) in [5, 5.41) is 41.8. The molecule has 1 rings (SSSR count). The Labute approximate surface area is 183 Å². The minimum Gasteiger partial charge on any atom is -0.394 e. The fourth-order valence-corrected chi connectivity index (χ4v) is 3.89. The van der Waals surface area contributed by atoms with Gasteiger partial charge in [0.05, 0.1) is 6.61 Å². The minimum absolute atomic E-state index is 0.392. The van der Waals surface area contributed by atoms with Gasteiger partial charge < -0.3 is 25.2 Å². The second-order valence-corrected chi connectivity index (χ2v) is 8.64. The molecule has 6 heteroatoms. The van der Waals surface area contributed by atoms with Crippen molar-refractivity contribution in [1.82, 2.24) is 5.32 Å². The zero-order chi connectivity index (χ0) is 22.0. The molecule has 1 aliphatic rings. The number of aliphatic hydroxyl groups is 4. The van der Waals surface area contributed by atoms with E-state index in [1.165, 1.54) is 77.0 Å². The Bertz CT molecular complexity index is 418. The van der Waals surface area contributed by atoms with Gasteiger partial charge in [-0.3, -0.25) is 5.32 Å². The second-order valence-electron chi connectivity index (χ2n) is 8.64. The Morgan fingerprint density at radius 1 is 0.700 bits per heavy atom. The van der Waals surface area contributed by atoms with E-state index >= 15 is 0 Å². The third-order valence-corrected chi connectivity index (χ3v) is 5.93. The smallest absolute Gasteiger partial charge is 0.137 e. The summed E-state index contributed by atoms with van der Waals surface area (Å²) in [4.78, 5) is 0. The zero-order valence-corrected chi connectivity index (χ0v) is 19.1. The van der Waals surface area contributed by atoms with Crippen LogP contribution in [-0.2, 0) is 4.74 Å². The second kappa shape index (κ2) is 18.1. The van der Waals surface area contributed by atoms with Crippen molar-refractivity contribution in [2.24, 2.45) is 0 Å². The lowest BCUT2D eigenvalue weighted by atomic mass is 9.98. The molecule has 1 saturated heterocycles. The Balaban J connectivity index is 1.90. The van der Waals surface area contributed by atoms with Gasteiger partial charge in [-0.1, -0.05) is 76.9 Å². The molecule has 0 aromatic carbocycles. The highest BCUT2D eigenvalue weighted by atomic mass is 16.6. The predicted octanol–water partition coefficient (Wildman–Crippen LogP) is 3.41. The fourth-order valence-electron chi connectivity index (χ4n) is 3.89. The monoisotopic (exact) mass is 429 g/mol. The molecule has 6 nitrogen and oxygen atoms in total. The van der Waals surface area contributed by atoms with Crippen LogP contribution in [0.25, 0.3) is 0 Å². The summed E-state index contributed by atoms with van der Waals surface area (Å²) >= 11 is 0. The number of aliphatic hydroxyl groups excluding tert-OH is 4. The van der Waals surface area contributed by atoms with Crippen LogP contribution in [0.5, 0.6) is 0 Å². The fraction of sp³-hybridized carbons (Fsp3) is 0.917. The van der Waals surface area contributed by atoms with Gasteiger partial charge >= 0.3 is 0 Å². The van der Waals surface area contributed by atoms with Gasteiger partial charge in [-0.15, -0.1) is 0 Å². The minimum atomic E-state index is -1.31. The van der Waals surface area contributed by atoms with Crippen molar-refractivity contribution >= 4 is 0 Å². The van der Waals surface area contributed by atoms with E-state index < -0.39 is 37.3 Å². The maximum Gasteiger partial charge on any atom is 0.137 e. The molecule has 5 atom stereocenters. The average Bonchev–Trinajstić information content (AvgIpc) is 2.75. The number of unbranched alkanes of at least 4 members (excludes halogenated alkanes) is 12. The molecule has 0 spiro atoms. The van der Waals surface area contributed by atoms with Crippen molar-refractivity contribution < 1.29 is 25.2 Å². The van der Waals surface area contributed by atoms with Crippen molar-refractivity contribution in [2.75, 3.05) is 13.2 Å². The predicted molar refractivity (Wildman–Crippen MR) is 121 cm³/mol. The van der Waals surface area contributed by atoms with Gasteiger partial charge in [-0.05, 0) is 38.6 Å². The van der Waals surface area contributed by atoms with E-state index in [0.717, 1.165) is 12.8 Å². The van der Waals surface area contributed by atoms with Gasteiger partial charge in [0.1, 0.15) is 30.6 Å². The van der Waals surface area contributed by atoms with Crippen molar-refractivity contribution in [3.8, 4) is 0 Å². The molecule has 178 valence electrons. The van der Waals surface area contributed by atoms with Crippen LogP contribution >= 0.6 is 0 Å². The highest BCUT2D eigenvalue weighted by Crippen LogP contribution is 2.19. The van der Waals surface area contributed by atoms with E-state index in [2.05, 4.69) is 24.4 Å². The SMILES string of the molecule is CCCCCCCC/C=C\CCCCCCCCN[C@@H]1O[C@H](CO)[C@H](O)[C@H](O)[C@H]1O. The van der Waals surface area contributed by atoms with Gasteiger partial charge in [0.25, 0.3) is 0 Å². The zero-order valence-electron chi connectivity index (χ0n) is 19.1. The van der Waals surface area contributed by atoms with Crippen LogP contribution in [0, 0.1) is 0 Å². The lowest BCUT2D eigenvalue weighted by Gasteiger charge is -2.40. The van der Waals surface area contributed by atoms with Gasteiger partial charge in [0.2, 0.25) is 0 Å². The molecule has 0 unspecified atom stereocenters. The largest absolute Gasteiger partial charge is 0.394 e. The summed E-state index contributed by atoms with van der Waals surface area (Å²) in [6.45, 7) is 2.54. The molecule has 0 radical (unpaired) electrons. The standard InChI is InChI=1S/C24H47NO5/c1-2-3-4-5-6-7-8-9-10-11-12-13-14-15-16-17-18-25-24-23(29)22(28)21(27)20(19-26)30-24/h9-10,20-29H,2-8,11-19H2,1H3/b10-9-/t20-,21+,22+,23-,24-/m1/s1. The molecule has 1 heterocycles. The summed E-state index contributed by atoms with van der Waals surface area (Å²) in [6.07, 6.45) is 16.9. The highest BCUT2D eigenvalue weighted by molar-refractivity contribution is 4.90. The number of hydrogen-bond acceptors (Lipinski definition) is 6. The summed E-state index contributed by atoms with van der Waals surface area (Å²) < 4.78 is 5.43. The number of allylic oxidation sites excluding steroid dienone is 2. The first-order chi connectivity index (χ1) is 14.6. The molecule has 0 bridgehead atoms. The van der Waals surface area contributed by atoms with Crippen LogP contribution in [0.15, 0.2) is 12.2 Å². The average molecular weight is 430 g/mol.